The molecule has 1 rings (SSSR count). The van der Waals surface area contributed by atoms with E-state index < -0.39 is 0 Å². The molecule has 0 saturated carbocycles. The van der Waals surface area contributed by atoms with Crippen molar-refractivity contribution in [3.8, 4) is 0 Å². The van der Waals surface area contributed by atoms with Gasteiger partial charge in [0.15, 0.2) is 0 Å². The molecular formula is C14H24N2O2. The van der Waals surface area contributed by atoms with Gasteiger partial charge in [0.05, 0.1) is 0 Å². The van der Waals surface area contributed by atoms with E-state index in [4.69, 9.17) is 0 Å². The predicted molar refractivity (Wildman–Crippen MR) is 72.1 cm³/mol. The first-order valence-corrected chi connectivity index (χ1v) is 6.59. The fraction of sp³-hybridized carbons (Fsp3) is 0.714. The van der Waals surface area contributed by atoms with Gasteiger partial charge in [-0.2, -0.15) is 0 Å². The number of likely N-dealkylation sites (tertiary alicyclic amines) is 1. The lowest BCUT2D eigenvalue weighted by Gasteiger charge is -2.35. The molecule has 4 heteroatoms. The third-order valence-electron chi connectivity index (χ3n) is 3.44. The van der Waals surface area contributed by atoms with E-state index in [0.717, 1.165) is 25.8 Å². The highest BCUT2D eigenvalue weighted by atomic mass is 16.2. The van der Waals surface area contributed by atoms with Crippen LogP contribution in [0.5, 0.6) is 0 Å². The second-order valence-corrected chi connectivity index (χ2v) is 5.60. The maximum atomic E-state index is 11.7. The van der Waals surface area contributed by atoms with Crippen LogP contribution in [0, 0.1) is 0 Å². The first-order valence-electron chi connectivity index (χ1n) is 6.59. The Morgan fingerprint density at radius 2 is 2.17 bits per heavy atom. The van der Waals surface area contributed by atoms with Gasteiger partial charge >= 0.3 is 0 Å². The van der Waals surface area contributed by atoms with Crippen LogP contribution in [0.4, 0.5) is 0 Å². The van der Waals surface area contributed by atoms with Gasteiger partial charge in [-0.3, -0.25) is 9.59 Å². The number of amides is 2. The predicted octanol–water partition coefficient (Wildman–Crippen LogP) is 1.86. The number of carbonyl (C=O) groups is 2. The topological polar surface area (TPSA) is 49.4 Å². The third-order valence-corrected chi connectivity index (χ3v) is 3.44. The summed E-state index contributed by atoms with van der Waals surface area (Å²) in [5.74, 6) is 0.163. The minimum absolute atomic E-state index is 0.0925. The molecule has 1 saturated heterocycles. The molecule has 0 unspecified atom stereocenters. The van der Waals surface area contributed by atoms with Gasteiger partial charge in [-0.1, -0.05) is 6.58 Å². The molecule has 1 aliphatic heterocycles. The van der Waals surface area contributed by atoms with Gasteiger partial charge in [0.25, 0.3) is 0 Å². The smallest absolute Gasteiger partial charge is 0.246 e. The van der Waals surface area contributed by atoms with Crippen molar-refractivity contribution in [1.29, 1.82) is 0 Å². The highest BCUT2D eigenvalue weighted by Gasteiger charge is 2.33. The highest BCUT2D eigenvalue weighted by molar-refractivity contribution is 5.92. The summed E-state index contributed by atoms with van der Waals surface area (Å²) in [5.41, 5.74) is 0.422. The second kappa shape index (κ2) is 6.03. The van der Waals surface area contributed by atoms with Crippen molar-refractivity contribution in [1.82, 2.24) is 10.2 Å². The molecule has 18 heavy (non-hydrogen) atoms. The molecule has 4 nitrogen and oxygen atoms in total. The van der Waals surface area contributed by atoms with E-state index >= 15 is 0 Å². The van der Waals surface area contributed by atoms with Crippen LogP contribution in [0.25, 0.3) is 0 Å². The minimum Gasteiger partial charge on any atom is -0.352 e. The highest BCUT2D eigenvalue weighted by Crippen LogP contribution is 2.25. The quantitative estimate of drug-likeness (QED) is 0.579. The Balaban J connectivity index is 2.31. The Hall–Kier alpha value is -1.32. The molecule has 2 amide bonds. The molecule has 0 aliphatic carbocycles. The van der Waals surface area contributed by atoms with E-state index in [-0.39, 0.29) is 17.4 Å². The van der Waals surface area contributed by atoms with E-state index in [1.807, 2.05) is 4.90 Å². The Morgan fingerprint density at radius 1 is 1.50 bits per heavy atom. The van der Waals surface area contributed by atoms with Crippen LogP contribution in [0.15, 0.2) is 12.2 Å². The lowest BCUT2D eigenvalue weighted by molar-refractivity contribution is -0.132. The molecule has 0 bridgehead atoms. The maximum Gasteiger partial charge on any atom is 0.246 e. The van der Waals surface area contributed by atoms with Crippen molar-refractivity contribution in [2.24, 2.45) is 0 Å². The van der Waals surface area contributed by atoms with Gasteiger partial charge < -0.3 is 10.2 Å². The lowest BCUT2D eigenvalue weighted by Crippen LogP contribution is -2.45. The van der Waals surface area contributed by atoms with E-state index in [2.05, 4.69) is 25.7 Å². The summed E-state index contributed by atoms with van der Waals surface area (Å²) in [6, 6.07) is 0. The SMILES string of the molecule is C=C(C)C(=O)NCCCC(C)(C)N1CCCC1=O. The van der Waals surface area contributed by atoms with Crippen LogP contribution in [0.3, 0.4) is 0 Å². The Morgan fingerprint density at radius 3 is 2.67 bits per heavy atom. The molecule has 1 aliphatic rings. The van der Waals surface area contributed by atoms with Crippen molar-refractivity contribution in [3.63, 3.8) is 0 Å². The molecule has 0 atom stereocenters. The summed E-state index contributed by atoms with van der Waals surface area (Å²) >= 11 is 0. The summed E-state index contributed by atoms with van der Waals surface area (Å²) in [5, 5.41) is 2.81. The van der Waals surface area contributed by atoms with Crippen LogP contribution in [0.2, 0.25) is 0 Å². The van der Waals surface area contributed by atoms with Gasteiger partial charge in [-0.15, -0.1) is 0 Å². The van der Waals surface area contributed by atoms with Crippen LogP contribution in [0.1, 0.15) is 46.5 Å². The first-order chi connectivity index (χ1) is 8.34. The van der Waals surface area contributed by atoms with Gasteiger partial charge in [0, 0.05) is 30.6 Å². The van der Waals surface area contributed by atoms with E-state index in [1.165, 1.54) is 0 Å². The zero-order valence-corrected chi connectivity index (χ0v) is 11.7. The average molecular weight is 252 g/mol. The summed E-state index contributed by atoms with van der Waals surface area (Å²) in [4.78, 5) is 25.0. The molecule has 0 aromatic rings. The molecular weight excluding hydrogens is 228 g/mol. The van der Waals surface area contributed by atoms with Gasteiger partial charge in [-0.05, 0) is 40.0 Å². The van der Waals surface area contributed by atoms with Crippen molar-refractivity contribution in [2.75, 3.05) is 13.1 Å². The number of rotatable bonds is 6. The molecule has 1 heterocycles. The van der Waals surface area contributed by atoms with Crippen molar-refractivity contribution in [3.05, 3.63) is 12.2 Å². The summed E-state index contributed by atoms with van der Waals surface area (Å²) in [7, 11) is 0. The Bertz CT molecular complexity index is 348. The first kappa shape index (κ1) is 14.7. The van der Waals surface area contributed by atoms with Crippen LogP contribution < -0.4 is 5.32 Å². The van der Waals surface area contributed by atoms with Crippen LogP contribution in [-0.4, -0.2) is 35.3 Å². The number of nitrogens with zero attached hydrogens (tertiary/aromatic N) is 1. The monoisotopic (exact) mass is 252 g/mol. The summed E-state index contributed by atoms with van der Waals surface area (Å²) in [6.45, 7) is 11.0. The lowest BCUT2D eigenvalue weighted by atomic mass is 9.96. The minimum atomic E-state index is -0.110. The second-order valence-electron chi connectivity index (χ2n) is 5.60. The van der Waals surface area contributed by atoms with Crippen molar-refractivity contribution < 1.29 is 9.59 Å². The number of hydrogen-bond donors (Lipinski definition) is 1. The number of hydrogen-bond acceptors (Lipinski definition) is 2. The molecule has 1 fully saturated rings. The van der Waals surface area contributed by atoms with Crippen molar-refractivity contribution >= 4 is 11.8 Å². The van der Waals surface area contributed by atoms with Crippen molar-refractivity contribution in [2.45, 2.75) is 52.0 Å². The fourth-order valence-electron chi connectivity index (χ4n) is 2.30. The third kappa shape index (κ3) is 3.86. The zero-order chi connectivity index (χ0) is 13.8. The summed E-state index contributed by atoms with van der Waals surface area (Å²) < 4.78 is 0. The van der Waals surface area contributed by atoms with Gasteiger partial charge in [0.2, 0.25) is 11.8 Å². The van der Waals surface area contributed by atoms with Crippen LogP contribution in [-0.2, 0) is 9.59 Å². The molecule has 0 aromatic carbocycles. The Labute approximate surface area is 109 Å². The van der Waals surface area contributed by atoms with Gasteiger partial charge in [0.1, 0.15) is 0 Å². The normalized spacial score (nSPS) is 15.9. The number of nitrogens with one attached hydrogen (secondary N) is 1. The fourth-order valence-corrected chi connectivity index (χ4v) is 2.30. The summed E-state index contributed by atoms with van der Waals surface area (Å²) in [6.07, 6.45) is 3.41. The largest absolute Gasteiger partial charge is 0.352 e. The standard InChI is InChI=1S/C14H24N2O2/c1-11(2)13(18)15-9-6-8-14(3,4)16-10-5-7-12(16)17/h1,5-10H2,2-4H3,(H,15,18). The molecule has 102 valence electrons. The van der Waals surface area contributed by atoms with E-state index in [1.54, 1.807) is 6.92 Å². The zero-order valence-electron chi connectivity index (χ0n) is 11.7. The number of carbonyl (C=O) groups excluding carboxylic acids is 2. The van der Waals surface area contributed by atoms with E-state index in [9.17, 15) is 9.59 Å². The molecule has 0 aromatic heterocycles. The Kier molecular flexibility index (Phi) is 4.93. The molecule has 0 radical (unpaired) electrons. The van der Waals surface area contributed by atoms with Crippen LogP contribution >= 0.6 is 0 Å². The van der Waals surface area contributed by atoms with E-state index in [0.29, 0.717) is 18.5 Å². The average Bonchev–Trinajstić information content (AvgIpc) is 2.71. The van der Waals surface area contributed by atoms with Gasteiger partial charge in [-0.25, -0.2) is 0 Å². The molecule has 0 spiro atoms. The molecule has 1 N–H and O–H groups in total. The maximum absolute atomic E-state index is 11.7.